The molecule has 114 valence electrons. The quantitative estimate of drug-likeness (QED) is 0.821. The number of aliphatic hydroxyl groups excluding tert-OH is 1. The lowest BCUT2D eigenvalue weighted by molar-refractivity contribution is 0.0706. The van der Waals surface area contributed by atoms with E-state index in [1.807, 2.05) is 0 Å². The Bertz CT molecular complexity index is 512. The maximum atomic E-state index is 8.73. The Labute approximate surface area is 131 Å². The first-order valence-electron chi connectivity index (χ1n) is 7.91. The summed E-state index contributed by atoms with van der Waals surface area (Å²) < 4.78 is 0. The number of hydrogen-bond acceptors (Lipinski definition) is 4. The Morgan fingerprint density at radius 2 is 1.95 bits per heavy atom. The molecule has 0 bridgehead atoms. The third-order valence-electron chi connectivity index (χ3n) is 4.91. The van der Waals surface area contributed by atoms with Gasteiger partial charge in [0.05, 0.1) is 4.88 Å². The Morgan fingerprint density at radius 3 is 2.67 bits per heavy atom. The summed E-state index contributed by atoms with van der Waals surface area (Å²) in [6.07, 6.45) is 5.44. The standard InChI is InChI=1S/C17H24N2OS/c20-13-1-2-15-3-4-16(21-15)14-19-11-7-17(8-12-19)5-9-18-10-6-17/h3-4,18,20H,5-14H2. The van der Waals surface area contributed by atoms with E-state index in [0.29, 0.717) is 5.41 Å². The normalized spacial score (nSPS) is 22.0. The average Bonchev–Trinajstić information content (AvgIpc) is 2.96. The van der Waals surface area contributed by atoms with Gasteiger partial charge in [-0.25, -0.2) is 0 Å². The molecular formula is C17H24N2OS. The number of aliphatic hydroxyl groups is 1. The van der Waals surface area contributed by atoms with Gasteiger partial charge in [0.15, 0.2) is 0 Å². The highest BCUT2D eigenvalue weighted by Crippen LogP contribution is 2.39. The summed E-state index contributed by atoms with van der Waals surface area (Å²) in [6, 6.07) is 4.25. The molecule has 0 unspecified atom stereocenters. The predicted molar refractivity (Wildman–Crippen MR) is 87.3 cm³/mol. The summed E-state index contributed by atoms with van der Waals surface area (Å²) in [7, 11) is 0. The maximum Gasteiger partial charge on any atom is 0.104 e. The number of hydrogen-bond donors (Lipinski definition) is 2. The van der Waals surface area contributed by atoms with Crippen LogP contribution >= 0.6 is 11.3 Å². The summed E-state index contributed by atoms with van der Waals surface area (Å²) in [5, 5.41) is 12.2. The summed E-state index contributed by atoms with van der Waals surface area (Å²) in [5.74, 6) is 5.71. The molecule has 0 aromatic carbocycles. The molecule has 0 amide bonds. The molecule has 0 atom stereocenters. The van der Waals surface area contributed by atoms with Gasteiger partial charge < -0.3 is 10.4 Å². The van der Waals surface area contributed by atoms with Crippen molar-refractivity contribution in [1.29, 1.82) is 0 Å². The molecule has 3 rings (SSSR count). The second-order valence-electron chi connectivity index (χ2n) is 6.25. The SMILES string of the molecule is OCC#Cc1ccc(CN2CCC3(CCNCC3)CC2)s1. The molecule has 0 radical (unpaired) electrons. The van der Waals surface area contributed by atoms with Crippen LogP contribution in [-0.4, -0.2) is 42.8 Å². The largest absolute Gasteiger partial charge is 0.384 e. The van der Waals surface area contributed by atoms with E-state index in [4.69, 9.17) is 5.11 Å². The monoisotopic (exact) mass is 304 g/mol. The molecule has 2 aliphatic heterocycles. The van der Waals surface area contributed by atoms with Gasteiger partial charge in [0.25, 0.3) is 0 Å². The topological polar surface area (TPSA) is 35.5 Å². The van der Waals surface area contributed by atoms with Crippen LogP contribution in [0.4, 0.5) is 0 Å². The van der Waals surface area contributed by atoms with Crippen LogP contribution in [0.1, 0.15) is 35.4 Å². The summed E-state index contributed by atoms with van der Waals surface area (Å²) >= 11 is 1.76. The minimum Gasteiger partial charge on any atom is -0.384 e. The average molecular weight is 304 g/mol. The molecule has 3 nitrogen and oxygen atoms in total. The van der Waals surface area contributed by atoms with Gasteiger partial charge in [-0.05, 0) is 69.4 Å². The molecule has 2 N–H and O–H groups in total. The lowest BCUT2D eigenvalue weighted by Gasteiger charge is -2.44. The van der Waals surface area contributed by atoms with Crippen molar-refractivity contribution < 1.29 is 5.11 Å². The van der Waals surface area contributed by atoms with Crippen molar-refractivity contribution in [3.05, 3.63) is 21.9 Å². The van der Waals surface area contributed by atoms with Crippen LogP contribution in [0.2, 0.25) is 0 Å². The first-order chi connectivity index (χ1) is 10.3. The van der Waals surface area contributed by atoms with Gasteiger partial charge in [0, 0.05) is 11.4 Å². The van der Waals surface area contributed by atoms with Crippen molar-refractivity contribution in [3.63, 3.8) is 0 Å². The molecule has 1 aromatic rings. The molecular weight excluding hydrogens is 280 g/mol. The van der Waals surface area contributed by atoms with Gasteiger partial charge in [0.2, 0.25) is 0 Å². The number of rotatable bonds is 2. The van der Waals surface area contributed by atoms with Crippen molar-refractivity contribution >= 4 is 11.3 Å². The van der Waals surface area contributed by atoms with Crippen LogP contribution in [-0.2, 0) is 6.54 Å². The predicted octanol–water partition coefficient (Wildman–Crippen LogP) is 2.06. The van der Waals surface area contributed by atoms with E-state index in [0.717, 1.165) is 11.4 Å². The van der Waals surface area contributed by atoms with Crippen molar-refractivity contribution in [2.45, 2.75) is 32.2 Å². The number of thiophene rings is 1. The Balaban J connectivity index is 1.52. The first-order valence-corrected chi connectivity index (χ1v) is 8.73. The van der Waals surface area contributed by atoms with Crippen LogP contribution in [0.25, 0.3) is 0 Å². The molecule has 2 aliphatic rings. The van der Waals surface area contributed by atoms with Gasteiger partial charge >= 0.3 is 0 Å². The zero-order chi connectivity index (χ0) is 14.5. The highest BCUT2D eigenvalue weighted by Gasteiger charge is 2.35. The van der Waals surface area contributed by atoms with E-state index in [-0.39, 0.29) is 6.61 Å². The van der Waals surface area contributed by atoms with Crippen molar-refractivity contribution in [1.82, 2.24) is 10.2 Å². The van der Waals surface area contributed by atoms with Gasteiger partial charge in [-0.3, -0.25) is 4.90 Å². The van der Waals surface area contributed by atoms with Crippen molar-refractivity contribution in [2.24, 2.45) is 5.41 Å². The minimum absolute atomic E-state index is 0.0592. The van der Waals surface area contributed by atoms with Crippen LogP contribution in [0.15, 0.2) is 12.1 Å². The second kappa shape index (κ2) is 6.93. The molecule has 1 spiro atoms. The molecule has 21 heavy (non-hydrogen) atoms. The van der Waals surface area contributed by atoms with E-state index >= 15 is 0 Å². The van der Waals surface area contributed by atoms with E-state index in [9.17, 15) is 0 Å². The molecule has 4 heteroatoms. The molecule has 0 saturated carbocycles. The molecule has 2 fully saturated rings. The van der Waals surface area contributed by atoms with Gasteiger partial charge in [-0.2, -0.15) is 0 Å². The van der Waals surface area contributed by atoms with E-state index in [1.165, 1.54) is 56.7 Å². The smallest absolute Gasteiger partial charge is 0.104 e. The lowest BCUT2D eigenvalue weighted by Crippen LogP contribution is -2.45. The van der Waals surface area contributed by atoms with Crippen molar-refractivity contribution in [2.75, 3.05) is 32.8 Å². The van der Waals surface area contributed by atoms with Crippen molar-refractivity contribution in [3.8, 4) is 11.8 Å². The van der Waals surface area contributed by atoms with Gasteiger partial charge in [0.1, 0.15) is 6.61 Å². The number of likely N-dealkylation sites (tertiary alicyclic amines) is 1. The zero-order valence-corrected chi connectivity index (χ0v) is 13.3. The number of nitrogens with one attached hydrogen (secondary N) is 1. The highest BCUT2D eigenvalue weighted by atomic mass is 32.1. The summed E-state index contributed by atoms with van der Waals surface area (Å²) in [6.45, 7) is 5.87. The summed E-state index contributed by atoms with van der Waals surface area (Å²) in [5.41, 5.74) is 0.634. The maximum absolute atomic E-state index is 8.73. The Hall–Kier alpha value is -0.860. The first kappa shape index (κ1) is 15.1. The second-order valence-corrected chi connectivity index (χ2v) is 7.42. The molecule has 1 aromatic heterocycles. The molecule has 3 heterocycles. The third-order valence-corrected chi connectivity index (χ3v) is 5.90. The highest BCUT2D eigenvalue weighted by molar-refractivity contribution is 7.12. The van der Waals surface area contributed by atoms with Crippen LogP contribution in [0.5, 0.6) is 0 Å². The summed E-state index contributed by atoms with van der Waals surface area (Å²) in [4.78, 5) is 5.03. The van der Waals surface area contributed by atoms with Crippen LogP contribution in [0, 0.1) is 17.3 Å². The minimum atomic E-state index is -0.0592. The third kappa shape index (κ3) is 3.87. The fraction of sp³-hybridized carbons (Fsp3) is 0.647. The Kier molecular flexibility index (Phi) is 4.97. The van der Waals surface area contributed by atoms with Gasteiger partial charge in [-0.15, -0.1) is 11.3 Å². The van der Waals surface area contributed by atoms with Crippen LogP contribution < -0.4 is 5.32 Å². The van der Waals surface area contributed by atoms with E-state index < -0.39 is 0 Å². The van der Waals surface area contributed by atoms with E-state index in [1.54, 1.807) is 11.3 Å². The van der Waals surface area contributed by atoms with Gasteiger partial charge in [-0.1, -0.05) is 11.8 Å². The molecule has 0 aliphatic carbocycles. The fourth-order valence-corrected chi connectivity index (χ4v) is 4.44. The lowest BCUT2D eigenvalue weighted by atomic mass is 9.71. The number of piperidine rings is 2. The van der Waals surface area contributed by atoms with Crippen LogP contribution in [0.3, 0.4) is 0 Å². The Morgan fingerprint density at radius 1 is 1.19 bits per heavy atom. The fourth-order valence-electron chi connectivity index (χ4n) is 3.52. The number of nitrogens with zero attached hydrogens (tertiary/aromatic N) is 1. The van der Waals surface area contributed by atoms with E-state index in [2.05, 4.69) is 34.2 Å². The zero-order valence-electron chi connectivity index (χ0n) is 12.5. The molecule has 2 saturated heterocycles.